The van der Waals surface area contributed by atoms with Crippen molar-refractivity contribution in [2.45, 2.75) is 19.0 Å². The molecule has 2 aromatic carbocycles. The topological polar surface area (TPSA) is 28.0 Å². The Balaban J connectivity index is 1.94. The van der Waals surface area contributed by atoms with E-state index < -0.39 is 6.04 Å². The second-order valence-corrected chi connectivity index (χ2v) is 6.19. The number of rotatable bonds is 1. The van der Waals surface area contributed by atoms with Gasteiger partial charge in [0.25, 0.3) is 0 Å². The minimum atomic E-state index is -0.400. The first-order chi connectivity index (χ1) is 11.1. The zero-order valence-corrected chi connectivity index (χ0v) is 13.3. The number of hydrogen-bond acceptors (Lipinski definition) is 3. The first-order valence-corrected chi connectivity index (χ1v) is 7.90. The van der Waals surface area contributed by atoms with Crippen LogP contribution in [0.1, 0.15) is 24.1 Å². The van der Waals surface area contributed by atoms with E-state index in [-0.39, 0.29) is 11.9 Å². The van der Waals surface area contributed by atoms with E-state index in [1.807, 2.05) is 37.4 Å². The van der Waals surface area contributed by atoms with Gasteiger partial charge in [-0.3, -0.25) is 9.98 Å². The van der Waals surface area contributed by atoms with E-state index >= 15 is 0 Å². The van der Waals surface area contributed by atoms with Crippen LogP contribution in [0.2, 0.25) is 5.02 Å². The molecule has 2 aliphatic rings. The van der Waals surface area contributed by atoms with Crippen molar-refractivity contribution in [3.63, 3.8) is 0 Å². The molecule has 0 radical (unpaired) electrons. The Bertz CT molecular complexity index is 831. The SMILES string of the molecule is CC1=NCC2C=NC(c3ccccc3F)c3cc(Cl)ccc3N12. The van der Waals surface area contributed by atoms with Crippen LogP contribution in [0, 0.1) is 5.82 Å². The van der Waals surface area contributed by atoms with E-state index in [0.717, 1.165) is 17.1 Å². The molecular formula is C18H15ClFN3. The minimum Gasteiger partial charge on any atom is -0.320 e. The summed E-state index contributed by atoms with van der Waals surface area (Å²) in [5.41, 5.74) is 2.45. The molecule has 0 saturated carbocycles. The average molecular weight is 328 g/mol. The van der Waals surface area contributed by atoms with Gasteiger partial charge in [-0.2, -0.15) is 0 Å². The van der Waals surface area contributed by atoms with Crippen LogP contribution >= 0.6 is 11.6 Å². The van der Waals surface area contributed by atoms with Crippen LogP contribution in [0.25, 0.3) is 0 Å². The summed E-state index contributed by atoms with van der Waals surface area (Å²) in [5, 5.41) is 0.618. The Morgan fingerprint density at radius 1 is 1.17 bits per heavy atom. The van der Waals surface area contributed by atoms with Crippen LogP contribution in [0.3, 0.4) is 0 Å². The van der Waals surface area contributed by atoms with E-state index in [2.05, 4.69) is 14.9 Å². The molecule has 2 heterocycles. The predicted octanol–water partition coefficient (Wildman–Crippen LogP) is 4.26. The van der Waals surface area contributed by atoms with E-state index in [0.29, 0.717) is 17.1 Å². The maximum atomic E-state index is 14.3. The highest BCUT2D eigenvalue weighted by Gasteiger charge is 2.32. The summed E-state index contributed by atoms with van der Waals surface area (Å²) >= 11 is 6.21. The van der Waals surface area contributed by atoms with Gasteiger partial charge in [0.15, 0.2) is 0 Å². The van der Waals surface area contributed by atoms with Crippen LogP contribution < -0.4 is 4.90 Å². The lowest BCUT2D eigenvalue weighted by Crippen LogP contribution is -2.36. The molecule has 0 fully saturated rings. The maximum absolute atomic E-state index is 14.3. The van der Waals surface area contributed by atoms with Crippen molar-refractivity contribution < 1.29 is 4.39 Å². The number of hydrogen-bond donors (Lipinski definition) is 0. The fraction of sp³-hybridized carbons (Fsp3) is 0.222. The van der Waals surface area contributed by atoms with E-state index in [4.69, 9.17) is 11.6 Å². The summed E-state index contributed by atoms with van der Waals surface area (Å²) in [6, 6.07) is 12.1. The number of anilines is 1. The number of fused-ring (bicyclic) bond motifs is 3. The molecular weight excluding hydrogens is 313 g/mol. The van der Waals surface area contributed by atoms with Crippen molar-refractivity contribution in [3.05, 3.63) is 64.4 Å². The number of amidine groups is 1. The number of nitrogens with zero attached hydrogens (tertiary/aromatic N) is 3. The summed E-state index contributed by atoms with van der Waals surface area (Å²) in [6.45, 7) is 2.65. The van der Waals surface area contributed by atoms with Gasteiger partial charge in [0.2, 0.25) is 0 Å². The molecule has 0 bridgehead atoms. The van der Waals surface area contributed by atoms with Gasteiger partial charge >= 0.3 is 0 Å². The second kappa shape index (κ2) is 5.46. The van der Waals surface area contributed by atoms with Gasteiger partial charge in [-0.15, -0.1) is 0 Å². The first kappa shape index (κ1) is 14.4. The fourth-order valence-corrected chi connectivity index (χ4v) is 3.44. The molecule has 0 aliphatic carbocycles. The highest BCUT2D eigenvalue weighted by atomic mass is 35.5. The smallest absolute Gasteiger partial charge is 0.128 e. The molecule has 0 aromatic heterocycles. The molecule has 0 spiro atoms. The minimum absolute atomic E-state index is 0.0756. The summed E-state index contributed by atoms with van der Waals surface area (Å²) < 4.78 is 14.3. The van der Waals surface area contributed by atoms with E-state index in [1.165, 1.54) is 6.07 Å². The zero-order chi connectivity index (χ0) is 16.0. The van der Waals surface area contributed by atoms with Gasteiger partial charge in [-0.25, -0.2) is 4.39 Å². The molecule has 23 heavy (non-hydrogen) atoms. The van der Waals surface area contributed by atoms with Crippen molar-refractivity contribution in [2.24, 2.45) is 9.98 Å². The molecule has 2 atom stereocenters. The molecule has 2 unspecified atom stereocenters. The van der Waals surface area contributed by atoms with Crippen molar-refractivity contribution in [2.75, 3.05) is 11.4 Å². The molecule has 116 valence electrons. The van der Waals surface area contributed by atoms with Gasteiger partial charge in [0.1, 0.15) is 17.7 Å². The molecule has 4 rings (SSSR count). The highest BCUT2D eigenvalue weighted by molar-refractivity contribution is 6.30. The van der Waals surface area contributed by atoms with Crippen molar-refractivity contribution in [1.29, 1.82) is 0 Å². The van der Waals surface area contributed by atoms with E-state index in [1.54, 1.807) is 12.1 Å². The largest absolute Gasteiger partial charge is 0.320 e. The molecule has 0 amide bonds. The Hall–Kier alpha value is -2.20. The third kappa shape index (κ3) is 2.34. The van der Waals surface area contributed by atoms with Crippen molar-refractivity contribution in [1.82, 2.24) is 0 Å². The highest BCUT2D eigenvalue weighted by Crippen LogP contribution is 2.39. The van der Waals surface area contributed by atoms with E-state index in [9.17, 15) is 4.39 Å². The fourth-order valence-electron chi connectivity index (χ4n) is 3.26. The van der Waals surface area contributed by atoms with Gasteiger partial charge in [-0.05, 0) is 31.2 Å². The predicted molar refractivity (Wildman–Crippen MR) is 92.4 cm³/mol. The van der Waals surface area contributed by atoms with Crippen LogP contribution in [0.4, 0.5) is 10.1 Å². The third-order valence-electron chi connectivity index (χ3n) is 4.34. The van der Waals surface area contributed by atoms with Gasteiger partial charge < -0.3 is 4.90 Å². The normalized spacial score (nSPS) is 22.4. The first-order valence-electron chi connectivity index (χ1n) is 7.52. The molecule has 0 saturated heterocycles. The summed E-state index contributed by atoms with van der Waals surface area (Å²) in [4.78, 5) is 11.3. The van der Waals surface area contributed by atoms with Crippen LogP contribution in [0.5, 0.6) is 0 Å². The summed E-state index contributed by atoms with van der Waals surface area (Å²) in [5.74, 6) is 0.687. The molecule has 2 aliphatic heterocycles. The second-order valence-electron chi connectivity index (χ2n) is 5.75. The van der Waals surface area contributed by atoms with Crippen LogP contribution in [-0.4, -0.2) is 24.6 Å². The lowest BCUT2D eigenvalue weighted by Gasteiger charge is -2.26. The van der Waals surface area contributed by atoms with Crippen LogP contribution in [0.15, 0.2) is 52.4 Å². The summed E-state index contributed by atoms with van der Waals surface area (Å²) in [6.07, 6.45) is 1.88. The van der Waals surface area contributed by atoms with Gasteiger partial charge in [0.05, 0.1) is 12.6 Å². The summed E-state index contributed by atoms with van der Waals surface area (Å²) in [7, 11) is 0. The average Bonchev–Trinajstić information content (AvgIpc) is 2.82. The Morgan fingerprint density at radius 2 is 2.00 bits per heavy atom. The quantitative estimate of drug-likeness (QED) is 0.769. The Morgan fingerprint density at radius 3 is 2.83 bits per heavy atom. The van der Waals surface area contributed by atoms with Gasteiger partial charge in [0, 0.05) is 28.1 Å². The van der Waals surface area contributed by atoms with Gasteiger partial charge in [-0.1, -0.05) is 29.8 Å². The molecule has 0 N–H and O–H groups in total. The Labute approximate surface area is 139 Å². The number of benzene rings is 2. The number of aliphatic imine (C=N–C) groups is 2. The lowest BCUT2D eigenvalue weighted by atomic mass is 9.97. The standard InChI is InChI=1S/C18H15ClFN3/c1-11-21-9-13-10-22-18(14-4-2-3-5-16(14)20)15-8-12(19)6-7-17(15)23(11)13/h2-8,10,13,18H,9H2,1H3. The molecule has 5 heteroatoms. The number of halogens is 2. The monoisotopic (exact) mass is 327 g/mol. The lowest BCUT2D eigenvalue weighted by molar-refractivity contribution is 0.600. The molecule has 2 aromatic rings. The molecule has 3 nitrogen and oxygen atoms in total. The maximum Gasteiger partial charge on any atom is 0.128 e. The van der Waals surface area contributed by atoms with Crippen molar-refractivity contribution in [3.8, 4) is 0 Å². The zero-order valence-electron chi connectivity index (χ0n) is 12.6. The Kier molecular flexibility index (Phi) is 3.42. The van der Waals surface area contributed by atoms with Crippen LogP contribution in [-0.2, 0) is 0 Å². The van der Waals surface area contributed by atoms with Crippen molar-refractivity contribution >= 4 is 29.3 Å². The third-order valence-corrected chi connectivity index (χ3v) is 4.57.